The van der Waals surface area contributed by atoms with Gasteiger partial charge in [0.1, 0.15) is 11.6 Å². The Labute approximate surface area is 168 Å². The molecule has 0 fully saturated rings. The van der Waals surface area contributed by atoms with Gasteiger partial charge in [0.25, 0.3) is 0 Å². The zero-order valence-corrected chi connectivity index (χ0v) is 16.0. The van der Waals surface area contributed by atoms with Crippen molar-refractivity contribution >= 4 is 5.97 Å². The average molecular weight is 387 g/mol. The highest BCUT2D eigenvalue weighted by Gasteiger charge is 2.14. The Balaban J connectivity index is 1.76. The molecule has 0 bridgehead atoms. The summed E-state index contributed by atoms with van der Waals surface area (Å²) in [6, 6.07) is 19.0. The number of carboxylic acid groups (broad SMARTS) is 1. The van der Waals surface area contributed by atoms with Crippen LogP contribution in [0.15, 0.2) is 73.1 Å². The van der Waals surface area contributed by atoms with Gasteiger partial charge in [-0.25, -0.2) is 4.98 Å². The maximum Gasteiger partial charge on any atom is 0.303 e. The van der Waals surface area contributed by atoms with Crippen molar-refractivity contribution in [3.63, 3.8) is 0 Å². The van der Waals surface area contributed by atoms with Crippen LogP contribution in [0.3, 0.4) is 0 Å². The summed E-state index contributed by atoms with van der Waals surface area (Å²) in [6.07, 6.45) is 4.17. The van der Waals surface area contributed by atoms with Crippen LogP contribution in [-0.4, -0.2) is 30.3 Å². The van der Waals surface area contributed by atoms with E-state index < -0.39 is 5.97 Å². The van der Waals surface area contributed by atoms with Crippen LogP contribution in [0, 0.1) is 6.92 Å². The monoisotopic (exact) mass is 387 g/mol. The van der Waals surface area contributed by atoms with Gasteiger partial charge >= 0.3 is 5.97 Å². The molecule has 6 nitrogen and oxygen atoms in total. The Morgan fingerprint density at radius 3 is 2.28 bits per heavy atom. The molecule has 0 saturated heterocycles. The van der Waals surface area contributed by atoms with Gasteiger partial charge in [0, 0.05) is 29.5 Å². The van der Waals surface area contributed by atoms with Crippen molar-refractivity contribution in [2.45, 2.75) is 19.8 Å². The maximum absolute atomic E-state index is 11.1. The van der Waals surface area contributed by atoms with Gasteiger partial charge in [-0.15, -0.1) is 0 Å². The highest BCUT2D eigenvalue weighted by Crippen LogP contribution is 2.29. The molecule has 2 aromatic carbocycles. The summed E-state index contributed by atoms with van der Waals surface area (Å²) >= 11 is 0. The molecule has 2 aromatic heterocycles. The van der Waals surface area contributed by atoms with E-state index in [0.717, 1.165) is 34.2 Å². The summed E-state index contributed by atoms with van der Waals surface area (Å²) in [5.41, 5.74) is 4.78. The fourth-order valence-electron chi connectivity index (χ4n) is 3.48. The number of hydrogen-bond donors (Lipinski definition) is 2. The normalized spacial score (nSPS) is 10.9. The number of benzene rings is 2. The molecule has 0 saturated carbocycles. The molecule has 0 aliphatic rings. The molecule has 2 heterocycles. The Kier molecular flexibility index (Phi) is 4.91. The first-order valence-corrected chi connectivity index (χ1v) is 9.35. The molecule has 0 amide bonds. The van der Waals surface area contributed by atoms with Gasteiger partial charge < -0.3 is 19.3 Å². The Morgan fingerprint density at radius 1 is 0.966 bits per heavy atom. The van der Waals surface area contributed by atoms with Crippen LogP contribution in [0.2, 0.25) is 0 Å². The summed E-state index contributed by atoms with van der Waals surface area (Å²) in [7, 11) is 0. The number of aromatic nitrogens is 3. The number of aromatic hydroxyl groups is 1. The molecule has 0 aliphatic heterocycles. The van der Waals surface area contributed by atoms with Crippen LogP contribution >= 0.6 is 0 Å². The van der Waals surface area contributed by atoms with Crippen LogP contribution in [0.4, 0.5) is 0 Å². The van der Waals surface area contributed by atoms with Gasteiger partial charge in [-0.3, -0.25) is 4.79 Å². The number of phenols is 1. The van der Waals surface area contributed by atoms with Gasteiger partial charge in [-0.1, -0.05) is 12.1 Å². The first-order chi connectivity index (χ1) is 14.0. The molecule has 4 aromatic rings. The van der Waals surface area contributed by atoms with E-state index in [1.165, 1.54) is 0 Å². The summed E-state index contributed by atoms with van der Waals surface area (Å²) in [5, 5.41) is 18.7. The Morgan fingerprint density at radius 2 is 1.66 bits per heavy atom. The quantitative estimate of drug-likeness (QED) is 0.515. The number of hydrogen-bond acceptors (Lipinski definition) is 3. The van der Waals surface area contributed by atoms with Crippen molar-refractivity contribution in [3.05, 3.63) is 84.6 Å². The molecule has 29 heavy (non-hydrogen) atoms. The van der Waals surface area contributed by atoms with Crippen molar-refractivity contribution in [2.24, 2.45) is 0 Å². The van der Waals surface area contributed by atoms with Gasteiger partial charge in [0.15, 0.2) is 0 Å². The number of aryl methyl sites for hydroxylation is 2. The van der Waals surface area contributed by atoms with Gasteiger partial charge in [0.05, 0.1) is 12.1 Å². The molecule has 146 valence electrons. The second-order valence-corrected chi connectivity index (χ2v) is 6.85. The predicted octanol–water partition coefficient (Wildman–Crippen LogP) is 4.36. The zero-order chi connectivity index (χ0) is 20.4. The molecule has 0 atom stereocenters. The zero-order valence-electron chi connectivity index (χ0n) is 16.0. The van der Waals surface area contributed by atoms with Crippen molar-refractivity contribution in [1.82, 2.24) is 14.1 Å². The Bertz CT molecular complexity index is 1140. The van der Waals surface area contributed by atoms with Crippen molar-refractivity contribution in [3.8, 4) is 28.4 Å². The van der Waals surface area contributed by atoms with Crippen molar-refractivity contribution < 1.29 is 15.0 Å². The number of imidazole rings is 1. The lowest BCUT2D eigenvalue weighted by Crippen LogP contribution is -2.05. The third-order valence-corrected chi connectivity index (χ3v) is 4.93. The molecule has 6 heteroatoms. The molecule has 0 unspecified atom stereocenters. The van der Waals surface area contributed by atoms with Gasteiger partial charge in [-0.05, 0) is 67.4 Å². The Hall–Kier alpha value is -3.80. The van der Waals surface area contributed by atoms with Crippen LogP contribution in [0.25, 0.3) is 22.6 Å². The lowest BCUT2D eigenvalue weighted by molar-refractivity contribution is -0.136. The van der Waals surface area contributed by atoms with E-state index in [9.17, 15) is 9.90 Å². The highest BCUT2D eigenvalue weighted by molar-refractivity contribution is 5.68. The third-order valence-electron chi connectivity index (χ3n) is 4.93. The second-order valence-electron chi connectivity index (χ2n) is 6.85. The molecule has 0 spiro atoms. The second kappa shape index (κ2) is 7.67. The van der Waals surface area contributed by atoms with E-state index in [0.29, 0.717) is 6.42 Å². The smallest absolute Gasteiger partial charge is 0.303 e. The standard InChI is InChI=1S/C23H21N3O3/c1-16-24-14-15-25(16)18-4-2-17(3-5-18)22-12-8-20(9-13-23(28)29)26(22)19-6-10-21(27)11-7-19/h2-8,10-12,14-15,27H,9,13H2,1H3,(H,28,29). The lowest BCUT2D eigenvalue weighted by atomic mass is 10.1. The molecular formula is C23H21N3O3. The minimum absolute atomic E-state index is 0.0559. The van der Waals surface area contributed by atoms with E-state index in [-0.39, 0.29) is 12.2 Å². The van der Waals surface area contributed by atoms with Crippen molar-refractivity contribution in [2.75, 3.05) is 0 Å². The number of carbonyl (C=O) groups is 1. The number of phenolic OH excluding ortho intramolecular Hbond substituents is 1. The highest BCUT2D eigenvalue weighted by atomic mass is 16.4. The van der Waals surface area contributed by atoms with E-state index in [1.54, 1.807) is 18.3 Å². The van der Waals surface area contributed by atoms with Gasteiger partial charge in [-0.2, -0.15) is 0 Å². The predicted molar refractivity (Wildman–Crippen MR) is 111 cm³/mol. The van der Waals surface area contributed by atoms with Crippen LogP contribution in [0.1, 0.15) is 17.9 Å². The minimum atomic E-state index is -0.829. The number of nitrogens with zero attached hydrogens (tertiary/aromatic N) is 3. The maximum atomic E-state index is 11.1. The molecule has 4 rings (SSSR count). The summed E-state index contributed by atoms with van der Waals surface area (Å²) < 4.78 is 4.06. The van der Waals surface area contributed by atoms with E-state index >= 15 is 0 Å². The van der Waals surface area contributed by atoms with E-state index in [2.05, 4.69) is 4.98 Å². The third kappa shape index (κ3) is 3.78. The summed E-state index contributed by atoms with van der Waals surface area (Å²) in [5.74, 6) is 0.279. The SMILES string of the molecule is Cc1nccn1-c1ccc(-c2ccc(CCC(=O)O)n2-c2ccc(O)cc2)cc1. The van der Waals surface area contributed by atoms with E-state index in [1.807, 2.05) is 70.8 Å². The van der Waals surface area contributed by atoms with Crippen molar-refractivity contribution in [1.29, 1.82) is 0 Å². The number of carboxylic acids is 1. The average Bonchev–Trinajstić information content (AvgIpc) is 3.33. The lowest BCUT2D eigenvalue weighted by Gasteiger charge is -2.14. The molecule has 0 aliphatic carbocycles. The van der Waals surface area contributed by atoms with Crippen LogP contribution in [-0.2, 0) is 11.2 Å². The van der Waals surface area contributed by atoms with Crippen LogP contribution < -0.4 is 0 Å². The fraction of sp³-hybridized carbons (Fsp3) is 0.130. The number of aliphatic carboxylic acids is 1. The molecular weight excluding hydrogens is 366 g/mol. The fourth-order valence-corrected chi connectivity index (χ4v) is 3.48. The topological polar surface area (TPSA) is 80.3 Å². The van der Waals surface area contributed by atoms with Gasteiger partial charge in [0.2, 0.25) is 0 Å². The molecule has 2 N–H and O–H groups in total. The first kappa shape index (κ1) is 18.6. The number of rotatable bonds is 6. The van der Waals surface area contributed by atoms with Crippen LogP contribution in [0.5, 0.6) is 5.75 Å². The minimum Gasteiger partial charge on any atom is -0.508 e. The largest absolute Gasteiger partial charge is 0.508 e. The first-order valence-electron chi connectivity index (χ1n) is 9.35. The van der Waals surface area contributed by atoms with E-state index in [4.69, 9.17) is 5.11 Å². The molecule has 0 radical (unpaired) electrons. The summed E-state index contributed by atoms with van der Waals surface area (Å²) in [4.78, 5) is 15.3. The summed E-state index contributed by atoms with van der Waals surface area (Å²) in [6.45, 7) is 1.96.